The first kappa shape index (κ1) is 30.9. The van der Waals surface area contributed by atoms with Crippen molar-refractivity contribution < 1.29 is 5.11 Å². The molecule has 1 heterocycles. The molecule has 0 bridgehead atoms. The van der Waals surface area contributed by atoms with Gasteiger partial charge in [0.05, 0.1) is 0 Å². The number of phenols is 1. The van der Waals surface area contributed by atoms with Crippen LogP contribution in [0.1, 0.15) is 128 Å². The molecule has 6 atom stereocenters. The Morgan fingerprint density at radius 1 is 0.633 bits per heavy atom. The van der Waals surface area contributed by atoms with Gasteiger partial charge in [0.15, 0.2) is 0 Å². The van der Waals surface area contributed by atoms with Crippen LogP contribution in [0.2, 0.25) is 0 Å². The number of nitrogens with zero attached hydrogens (tertiary/aromatic N) is 1. The van der Waals surface area contributed by atoms with Gasteiger partial charge < -0.3 is 10.0 Å². The molecule has 60 heavy (non-hydrogen) atoms. The number of aromatic hydroxyl groups is 1. The van der Waals surface area contributed by atoms with Crippen LogP contribution in [-0.4, -0.2) is 17.7 Å². The van der Waals surface area contributed by atoms with Crippen LogP contribution < -0.4 is 10.1 Å². The van der Waals surface area contributed by atoms with Gasteiger partial charge in [-0.1, -0.05) is 89.0 Å². The molecule has 1 saturated heterocycles. The summed E-state index contributed by atoms with van der Waals surface area (Å²) in [6, 6.07) is 17.0. The van der Waals surface area contributed by atoms with Gasteiger partial charge in [-0.2, -0.15) is 0 Å². The first-order chi connectivity index (χ1) is 29.6. The van der Waals surface area contributed by atoms with Crippen LogP contribution in [0, 0.1) is 11.8 Å². The van der Waals surface area contributed by atoms with E-state index in [1.807, 2.05) is 12.1 Å². The Morgan fingerprint density at radius 3 is 2.17 bits per heavy atom. The van der Waals surface area contributed by atoms with E-state index in [0.717, 1.165) is 13.0 Å². The highest BCUT2D eigenvalue weighted by Gasteiger charge is 2.64. The molecular weight excluding hydrogens is 727 g/mol. The first-order valence-corrected chi connectivity index (χ1v) is 24.3. The van der Waals surface area contributed by atoms with Gasteiger partial charge in [0, 0.05) is 41.4 Å². The van der Waals surface area contributed by atoms with E-state index in [9.17, 15) is 5.11 Å². The van der Waals surface area contributed by atoms with Crippen molar-refractivity contribution in [1.82, 2.24) is 0 Å². The van der Waals surface area contributed by atoms with Crippen molar-refractivity contribution in [3.63, 3.8) is 0 Å². The summed E-state index contributed by atoms with van der Waals surface area (Å²) in [5.41, 5.74) is 16.8. The molecule has 1 saturated carbocycles. The summed E-state index contributed by atoms with van der Waals surface area (Å²) in [5, 5.41) is 39.0. The summed E-state index contributed by atoms with van der Waals surface area (Å²) in [4.78, 5) is 2.90. The number of anilines is 1. The molecule has 1 aliphatic heterocycles. The van der Waals surface area contributed by atoms with E-state index in [1.165, 1.54) is 94.5 Å². The lowest BCUT2D eigenvalue weighted by molar-refractivity contribution is 0.271. The highest BCUT2D eigenvalue weighted by molar-refractivity contribution is 6.58. The molecule has 10 aromatic rings. The Hall–Kier alpha value is -5.08. The maximum Gasteiger partial charge on any atom is 0.115 e. The van der Waals surface area contributed by atoms with Crippen LogP contribution in [0.4, 0.5) is 5.69 Å². The van der Waals surface area contributed by atoms with Crippen molar-refractivity contribution in [1.29, 1.82) is 0 Å². The molecule has 18 rings (SSSR count). The Kier molecular flexibility index (Phi) is 4.90. The number of hydrogen-bond acceptors (Lipinski definition) is 2. The lowest BCUT2D eigenvalue weighted by atomic mass is 9.58. The van der Waals surface area contributed by atoms with E-state index in [2.05, 4.69) is 48.2 Å². The summed E-state index contributed by atoms with van der Waals surface area (Å²) in [7, 11) is 0. The zero-order valence-electron chi connectivity index (χ0n) is 34.5. The molecule has 2 nitrogen and oxygen atoms in total. The number of rotatable bonds is 11. The number of fused-ring (bicyclic) bond motifs is 1. The number of unbranched alkanes of at least 4 members (excludes halogenated alkanes) is 8. The van der Waals surface area contributed by atoms with Gasteiger partial charge in [0.25, 0.3) is 0 Å². The van der Waals surface area contributed by atoms with E-state index in [4.69, 9.17) is 0 Å². The second-order valence-corrected chi connectivity index (χ2v) is 21.8. The molecule has 290 valence electrons. The van der Waals surface area contributed by atoms with Crippen molar-refractivity contribution in [2.45, 2.75) is 120 Å². The molecule has 10 aromatic carbocycles. The van der Waals surface area contributed by atoms with Crippen LogP contribution in [0.3, 0.4) is 0 Å². The van der Waals surface area contributed by atoms with Crippen molar-refractivity contribution in [3.8, 4) is 5.75 Å². The van der Waals surface area contributed by atoms with Crippen molar-refractivity contribution in [3.05, 3.63) is 98.3 Å². The van der Waals surface area contributed by atoms with Crippen LogP contribution in [0.15, 0.2) is 54.1 Å². The van der Waals surface area contributed by atoms with Crippen LogP contribution in [-0.2, 0) is 24.7 Å². The van der Waals surface area contributed by atoms with Crippen LogP contribution in [0.5, 0.6) is 5.75 Å². The predicted octanol–water partition coefficient (Wildman–Crippen LogP) is 13.5. The van der Waals surface area contributed by atoms with E-state index in [1.54, 1.807) is 136 Å². The SMILES string of the molecule is CCCCCCCCCCCC1C2C3C=C4CC5Cc6cc7c8c9c(cc%10cc%11c%12c(c%13c3c3c%14c%15c(c6c8c%15c6c9c%10c%12c6c%13%14)C5C=34)C2(C%11)CN1c1ccc(O)cc1)C7. The quantitative estimate of drug-likeness (QED) is 0.105. The monoisotopic (exact) mass is 773 g/mol. The third kappa shape index (κ3) is 2.90. The second-order valence-electron chi connectivity index (χ2n) is 21.8. The Labute approximate surface area is 348 Å². The molecule has 8 aliphatic rings. The molecule has 1 N–H and O–H groups in total. The van der Waals surface area contributed by atoms with Gasteiger partial charge in [-0.05, 0) is 204 Å². The van der Waals surface area contributed by atoms with E-state index >= 15 is 0 Å². The summed E-state index contributed by atoms with van der Waals surface area (Å²) < 4.78 is 0. The smallest absolute Gasteiger partial charge is 0.115 e. The fourth-order valence-corrected chi connectivity index (χ4v) is 18.1. The van der Waals surface area contributed by atoms with Gasteiger partial charge in [0.1, 0.15) is 5.75 Å². The second kappa shape index (κ2) is 9.52. The lowest BCUT2D eigenvalue weighted by Crippen LogP contribution is -2.44. The third-order valence-corrected chi connectivity index (χ3v) is 19.5. The Morgan fingerprint density at radius 2 is 1.33 bits per heavy atom. The van der Waals surface area contributed by atoms with Gasteiger partial charge >= 0.3 is 0 Å². The summed E-state index contributed by atoms with van der Waals surface area (Å²) in [5.74, 6) is 2.61. The standard InChI is InChI=1S/C58H47NO/c1-2-3-4-5-6-7-8-9-10-11-35-56-34-22-30-20-27-18-28-17-25-16-26-19-29-21-31-23-58(56,24-59(35)32-12-14-33(60)15-13-32)57-42(31)47-41(29)46-37(26)36(25)44-40(28)45-38(27)39(30)48-43(34)55(57)54-52(47)50(46)49(44)51(45)53(48)54/h12-15,17,19,21-22,27,34-35,38,56,60H,2-11,16,18,20,23-24H2,1H3. The largest absolute Gasteiger partial charge is 0.508 e. The van der Waals surface area contributed by atoms with E-state index in [-0.39, 0.29) is 5.41 Å². The van der Waals surface area contributed by atoms with Crippen LogP contribution >= 0.6 is 0 Å². The third-order valence-electron chi connectivity index (χ3n) is 19.5. The first-order valence-electron chi connectivity index (χ1n) is 24.3. The van der Waals surface area contributed by atoms with Crippen LogP contribution in [0.25, 0.3) is 91.8 Å². The molecule has 7 aliphatic carbocycles. The van der Waals surface area contributed by atoms with Crippen molar-refractivity contribution >= 4 is 97.4 Å². The Balaban J connectivity index is 0.956. The highest BCUT2D eigenvalue weighted by Crippen LogP contribution is 2.73. The topological polar surface area (TPSA) is 23.5 Å². The molecule has 1 spiro atoms. The number of phenolic OH excluding ortho intramolecular Hbond substituents is 1. The minimum absolute atomic E-state index is 0.0641. The predicted molar refractivity (Wildman–Crippen MR) is 249 cm³/mol. The van der Waals surface area contributed by atoms with Crippen molar-refractivity contribution in [2.24, 2.45) is 11.8 Å². The number of allylic oxidation sites excluding steroid dienone is 2. The molecule has 0 aromatic heterocycles. The summed E-state index contributed by atoms with van der Waals surface area (Å²) >= 11 is 0. The molecule has 0 radical (unpaired) electrons. The van der Waals surface area contributed by atoms with E-state index in [0.29, 0.717) is 35.5 Å². The zero-order valence-corrected chi connectivity index (χ0v) is 34.5. The normalized spacial score (nSPS) is 27.1. The maximum absolute atomic E-state index is 10.6. The summed E-state index contributed by atoms with van der Waals surface area (Å²) in [6.07, 6.45) is 21.3. The maximum atomic E-state index is 10.6. The van der Waals surface area contributed by atoms with Crippen molar-refractivity contribution in [2.75, 3.05) is 11.4 Å². The molecular formula is C58H47NO. The average molecular weight is 774 g/mol. The lowest BCUT2D eigenvalue weighted by Gasteiger charge is -2.44. The molecule has 6 unspecified atom stereocenters. The summed E-state index contributed by atoms with van der Waals surface area (Å²) in [6.45, 7) is 3.41. The number of hydrogen-bond donors (Lipinski definition) is 1. The fraction of sp³-hybridized carbons (Fsp3) is 0.379. The van der Waals surface area contributed by atoms with Gasteiger partial charge in [0.2, 0.25) is 0 Å². The average Bonchev–Trinajstić information content (AvgIpc) is 4.11. The molecule has 0 amide bonds. The minimum atomic E-state index is 0.0641. The zero-order chi connectivity index (χ0) is 38.4. The molecule has 2 heteroatoms. The number of benzene rings is 7. The van der Waals surface area contributed by atoms with Gasteiger partial charge in [-0.3, -0.25) is 0 Å². The van der Waals surface area contributed by atoms with Gasteiger partial charge in [-0.25, -0.2) is 0 Å². The van der Waals surface area contributed by atoms with E-state index < -0.39 is 0 Å². The van der Waals surface area contributed by atoms with Gasteiger partial charge in [-0.15, -0.1) is 0 Å². The highest BCUT2D eigenvalue weighted by atomic mass is 16.3. The molecule has 2 fully saturated rings. The fourth-order valence-electron chi connectivity index (χ4n) is 18.1. The Bertz CT molecular complexity index is 3750. The minimum Gasteiger partial charge on any atom is -0.508 e.